The number of sulfone groups is 1. The molecule has 1 saturated carbocycles. The SMILES string of the molecule is Cn1nc(NS(C)(=O)=O)c2c(Cl)ccc(-n3c(C(Cc4cc(F)cc(F)c4)NC(=O)Cn4ccc(C5CC5)n4)nc4cc(C(C)(C)S(C)(=O)=O)ccc4c3=O)c21. The molecule has 3 heterocycles. The van der Waals surface area contributed by atoms with Crippen LogP contribution in [0.4, 0.5) is 14.6 Å². The predicted octanol–water partition coefficient (Wildman–Crippen LogP) is 5.03. The van der Waals surface area contributed by atoms with Gasteiger partial charge in [-0.3, -0.25) is 28.2 Å². The minimum Gasteiger partial charge on any atom is -0.344 e. The number of carbonyl (C=O) groups is 1. The van der Waals surface area contributed by atoms with Crippen molar-refractivity contribution in [3.05, 3.63) is 110 Å². The number of hydrogen-bond donors (Lipinski definition) is 2. The monoisotopic (exact) mass is 826 g/mol. The van der Waals surface area contributed by atoms with Gasteiger partial charge in [-0.1, -0.05) is 17.7 Å². The third-order valence-electron chi connectivity index (χ3n) is 9.93. The highest BCUT2D eigenvalue weighted by Gasteiger charge is 2.34. The number of aromatic nitrogens is 6. The van der Waals surface area contributed by atoms with Gasteiger partial charge in [0.15, 0.2) is 15.7 Å². The summed E-state index contributed by atoms with van der Waals surface area (Å²) in [6, 6.07) is 10.9. The first-order valence-electron chi connectivity index (χ1n) is 17.4. The summed E-state index contributed by atoms with van der Waals surface area (Å²) in [4.78, 5) is 33.6. The van der Waals surface area contributed by atoms with Crippen molar-refractivity contribution in [1.82, 2.24) is 34.4 Å². The van der Waals surface area contributed by atoms with E-state index in [0.29, 0.717) is 17.5 Å². The van der Waals surface area contributed by atoms with E-state index in [1.807, 2.05) is 6.07 Å². The smallest absolute Gasteiger partial charge is 0.266 e. The summed E-state index contributed by atoms with van der Waals surface area (Å²) in [5, 5.41) is 12.1. The average Bonchev–Trinajstić information content (AvgIpc) is 3.75. The summed E-state index contributed by atoms with van der Waals surface area (Å²) in [5.74, 6) is -2.18. The first-order chi connectivity index (χ1) is 26.2. The maximum absolute atomic E-state index is 14.9. The van der Waals surface area contributed by atoms with Gasteiger partial charge >= 0.3 is 0 Å². The van der Waals surface area contributed by atoms with Crippen molar-refractivity contribution >= 4 is 65.0 Å². The number of hydrogen-bond acceptors (Lipinski definition) is 9. The minimum atomic E-state index is -3.84. The van der Waals surface area contributed by atoms with Gasteiger partial charge in [0, 0.05) is 37.9 Å². The zero-order valence-corrected chi connectivity index (χ0v) is 33.2. The maximum Gasteiger partial charge on any atom is 0.266 e. The zero-order valence-electron chi connectivity index (χ0n) is 30.8. The number of sulfonamides is 1. The predicted molar refractivity (Wildman–Crippen MR) is 208 cm³/mol. The molecule has 1 atom stereocenters. The molecule has 1 unspecified atom stereocenters. The molecule has 0 aliphatic heterocycles. The molecule has 1 aliphatic carbocycles. The Hall–Kier alpha value is -5.20. The summed E-state index contributed by atoms with van der Waals surface area (Å²) < 4.78 is 84.5. The van der Waals surface area contributed by atoms with Crippen LogP contribution < -0.4 is 15.6 Å². The lowest BCUT2D eigenvalue weighted by molar-refractivity contribution is -0.122. The highest BCUT2D eigenvalue weighted by Crippen LogP contribution is 2.39. The van der Waals surface area contributed by atoms with Gasteiger partial charge in [-0.05, 0) is 80.3 Å². The largest absolute Gasteiger partial charge is 0.344 e. The molecule has 1 amide bonds. The number of amides is 1. The quantitative estimate of drug-likeness (QED) is 0.171. The van der Waals surface area contributed by atoms with Crippen LogP contribution >= 0.6 is 11.6 Å². The fraction of sp³-hybridized carbons (Fsp3) is 0.324. The van der Waals surface area contributed by atoms with E-state index >= 15 is 0 Å². The van der Waals surface area contributed by atoms with Gasteiger partial charge in [0.05, 0.1) is 55.3 Å². The molecule has 6 aromatic rings. The van der Waals surface area contributed by atoms with Crippen LogP contribution in [0.2, 0.25) is 5.02 Å². The lowest BCUT2D eigenvalue weighted by atomic mass is 10.00. The number of benzene rings is 3. The summed E-state index contributed by atoms with van der Waals surface area (Å²) in [5.41, 5.74) is 1.05. The molecule has 294 valence electrons. The number of anilines is 1. The van der Waals surface area contributed by atoms with Gasteiger partial charge in [-0.25, -0.2) is 30.6 Å². The van der Waals surface area contributed by atoms with E-state index in [2.05, 4.69) is 20.2 Å². The molecule has 1 aliphatic rings. The molecule has 7 rings (SSSR count). The highest BCUT2D eigenvalue weighted by molar-refractivity contribution is 7.92. The molecule has 0 bridgehead atoms. The molecule has 2 N–H and O–H groups in total. The second kappa shape index (κ2) is 14.1. The highest BCUT2D eigenvalue weighted by atomic mass is 35.5. The average molecular weight is 827 g/mol. The van der Waals surface area contributed by atoms with E-state index in [0.717, 1.165) is 43.2 Å². The van der Waals surface area contributed by atoms with E-state index in [1.165, 1.54) is 65.2 Å². The van der Waals surface area contributed by atoms with Gasteiger partial charge in [0.25, 0.3) is 5.56 Å². The molecule has 14 nitrogen and oxygen atoms in total. The zero-order chi connectivity index (χ0) is 40.5. The Labute approximate surface area is 325 Å². The van der Waals surface area contributed by atoms with Crippen LogP contribution in [-0.2, 0) is 49.4 Å². The Bertz CT molecular complexity index is 2850. The van der Waals surface area contributed by atoms with Gasteiger partial charge in [-0.2, -0.15) is 10.2 Å². The summed E-state index contributed by atoms with van der Waals surface area (Å²) in [7, 11) is -5.99. The van der Waals surface area contributed by atoms with E-state index < -0.39 is 53.8 Å². The number of nitrogens with zero attached hydrogens (tertiary/aromatic N) is 6. The van der Waals surface area contributed by atoms with Crippen molar-refractivity contribution in [3.63, 3.8) is 0 Å². The molecule has 3 aromatic carbocycles. The second-order valence-corrected chi connectivity index (χ2v) is 19.3. The van der Waals surface area contributed by atoms with E-state index in [-0.39, 0.29) is 62.7 Å². The van der Waals surface area contributed by atoms with E-state index in [1.54, 1.807) is 6.20 Å². The Morgan fingerprint density at radius 3 is 2.34 bits per heavy atom. The van der Waals surface area contributed by atoms with Crippen molar-refractivity contribution < 1.29 is 30.4 Å². The van der Waals surface area contributed by atoms with Crippen molar-refractivity contribution in [3.8, 4) is 5.69 Å². The number of halogens is 3. The Morgan fingerprint density at radius 2 is 1.70 bits per heavy atom. The van der Waals surface area contributed by atoms with Crippen molar-refractivity contribution in [2.75, 3.05) is 17.2 Å². The van der Waals surface area contributed by atoms with Crippen molar-refractivity contribution in [2.45, 2.75) is 56.4 Å². The molecular weight excluding hydrogens is 790 g/mol. The van der Waals surface area contributed by atoms with Crippen LogP contribution in [0.15, 0.2) is 65.6 Å². The number of aryl methyl sites for hydroxylation is 1. The number of fused-ring (bicyclic) bond motifs is 2. The van der Waals surface area contributed by atoms with Crippen LogP contribution in [0, 0.1) is 11.6 Å². The molecule has 1 fully saturated rings. The topological polar surface area (TPSA) is 180 Å². The van der Waals surface area contributed by atoms with Crippen molar-refractivity contribution in [1.29, 1.82) is 0 Å². The van der Waals surface area contributed by atoms with Crippen LogP contribution in [0.5, 0.6) is 0 Å². The standard InChI is InChI=1S/C37H37ClF2N8O6S2/c1-37(2,55(4,51)52)22-8-9-25-28(17-22)42-35(48(36(25)50)30-11-10-26(38)32-33(30)46(3)44-34(32)45-56(5,53)54)29(16-20-14-23(39)18-24(40)15-20)41-31(49)19-47-13-12-27(43-47)21-6-7-21/h8-15,17-18,21,29H,6-7,16,19H2,1-5H3,(H,41,49)(H,44,45). The van der Waals surface area contributed by atoms with Crippen molar-refractivity contribution in [2.24, 2.45) is 7.05 Å². The third kappa shape index (κ3) is 7.64. The Morgan fingerprint density at radius 1 is 1.00 bits per heavy atom. The summed E-state index contributed by atoms with van der Waals surface area (Å²) in [6.07, 6.45) is 5.46. The summed E-state index contributed by atoms with van der Waals surface area (Å²) in [6.45, 7) is 2.80. The molecular formula is C37H37ClF2N8O6S2. The molecule has 19 heteroatoms. The normalized spacial score (nSPS) is 14.4. The molecule has 0 spiro atoms. The Kier molecular flexibility index (Phi) is 9.81. The first-order valence-corrected chi connectivity index (χ1v) is 21.5. The fourth-order valence-electron chi connectivity index (χ4n) is 6.66. The first kappa shape index (κ1) is 39.1. The van der Waals surface area contributed by atoms with E-state index in [4.69, 9.17) is 16.6 Å². The van der Waals surface area contributed by atoms with Gasteiger partial charge in [0.1, 0.15) is 24.0 Å². The third-order valence-corrected chi connectivity index (χ3v) is 12.9. The Balaban J connectivity index is 1.49. The van der Waals surface area contributed by atoms with E-state index in [9.17, 15) is 35.2 Å². The van der Waals surface area contributed by atoms with Gasteiger partial charge in [0.2, 0.25) is 15.9 Å². The molecule has 56 heavy (non-hydrogen) atoms. The molecule has 0 saturated heterocycles. The lowest BCUT2D eigenvalue weighted by Gasteiger charge is -2.25. The second-order valence-electron chi connectivity index (χ2n) is 14.6. The number of carbonyl (C=O) groups excluding carboxylic acids is 1. The fourth-order valence-corrected chi connectivity index (χ4v) is 7.96. The minimum absolute atomic E-state index is 0.0626. The number of rotatable bonds is 12. The van der Waals surface area contributed by atoms with Crippen LogP contribution in [0.1, 0.15) is 61.3 Å². The van der Waals surface area contributed by atoms with Crippen LogP contribution in [0.3, 0.4) is 0 Å². The van der Waals surface area contributed by atoms with Gasteiger partial charge in [-0.15, -0.1) is 0 Å². The number of nitrogens with one attached hydrogen (secondary N) is 2. The van der Waals surface area contributed by atoms with Gasteiger partial charge < -0.3 is 5.32 Å². The molecule has 3 aromatic heterocycles. The summed E-state index contributed by atoms with van der Waals surface area (Å²) >= 11 is 6.63. The lowest BCUT2D eigenvalue weighted by Crippen LogP contribution is -2.37. The van der Waals surface area contributed by atoms with Crippen LogP contribution in [0.25, 0.3) is 27.5 Å². The van der Waals surface area contributed by atoms with Crippen LogP contribution in [-0.4, -0.2) is 64.4 Å². The molecule has 0 radical (unpaired) electrons. The maximum atomic E-state index is 14.9.